The van der Waals surface area contributed by atoms with E-state index in [0.717, 1.165) is 31.6 Å². The smallest absolute Gasteiger partial charge is 0.142 e. The van der Waals surface area contributed by atoms with Gasteiger partial charge in [0, 0.05) is 30.3 Å². The number of hydrogen-bond donors (Lipinski definition) is 1. The molecule has 1 N–H and O–H groups in total. The van der Waals surface area contributed by atoms with Crippen LogP contribution in [0.4, 0.5) is 0 Å². The molecule has 1 atom stereocenters. The maximum atomic E-state index is 6.16. The summed E-state index contributed by atoms with van der Waals surface area (Å²) in [6.45, 7) is 4.92. The molecular formula is C14H19Cl2NO2. The largest absolute Gasteiger partial charge is 0.492 e. The molecule has 1 aromatic rings. The molecule has 1 aliphatic rings. The van der Waals surface area contributed by atoms with Gasteiger partial charge in [0.2, 0.25) is 0 Å². The molecular weight excluding hydrogens is 285 g/mol. The van der Waals surface area contributed by atoms with E-state index in [2.05, 4.69) is 5.32 Å². The van der Waals surface area contributed by atoms with Crippen molar-refractivity contribution >= 4 is 23.2 Å². The molecule has 106 valence electrons. The Hall–Kier alpha value is -0.480. The molecule has 1 saturated heterocycles. The van der Waals surface area contributed by atoms with Crippen LogP contribution in [0.2, 0.25) is 10.0 Å². The standard InChI is InChI=1S/C14H19Cl2NO2/c1-2-18-14-10(6-11(15)7-13(14)16)8-17-9-12-4-3-5-19-12/h6-7,12,17H,2-5,8-9H2,1H3/t12-/m1/s1. The van der Waals surface area contributed by atoms with Crippen LogP contribution in [-0.2, 0) is 11.3 Å². The first kappa shape index (κ1) is 14.9. The first-order chi connectivity index (χ1) is 9.20. The molecule has 19 heavy (non-hydrogen) atoms. The second-order valence-corrected chi connectivity index (χ2v) is 5.42. The number of ether oxygens (including phenoxy) is 2. The molecule has 3 nitrogen and oxygen atoms in total. The van der Waals surface area contributed by atoms with Crippen molar-refractivity contribution in [2.24, 2.45) is 0 Å². The Morgan fingerprint density at radius 3 is 2.95 bits per heavy atom. The third-order valence-corrected chi connectivity index (χ3v) is 3.58. The van der Waals surface area contributed by atoms with E-state index in [1.165, 1.54) is 0 Å². The van der Waals surface area contributed by atoms with E-state index in [1.54, 1.807) is 6.07 Å². The normalized spacial score (nSPS) is 18.8. The van der Waals surface area contributed by atoms with E-state index in [1.807, 2.05) is 13.0 Å². The van der Waals surface area contributed by atoms with E-state index >= 15 is 0 Å². The maximum absolute atomic E-state index is 6.16. The van der Waals surface area contributed by atoms with Gasteiger partial charge in [-0.1, -0.05) is 23.2 Å². The second-order valence-electron chi connectivity index (χ2n) is 4.57. The summed E-state index contributed by atoms with van der Waals surface area (Å²) in [5.41, 5.74) is 0.984. The van der Waals surface area contributed by atoms with Crippen LogP contribution in [0.25, 0.3) is 0 Å². The Kier molecular flexibility index (Phi) is 5.76. The van der Waals surface area contributed by atoms with Crippen LogP contribution < -0.4 is 10.1 Å². The maximum Gasteiger partial charge on any atom is 0.142 e. The topological polar surface area (TPSA) is 30.5 Å². The molecule has 1 aliphatic heterocycles. The van der Waals surface area contributed by atoms with E-state index in [4.69, 9.17) is 32.7 Å². The van der Waals surface area contributed by atoms with Gasteiger partial charge in [0.05, 0.1) is 17.7 Å². The Labute approximate surface area is 124 Å². The monoisotopic (exact) mass is 303 g/mol. The van der Waals surface area contributed by atoms with Gasteiger partial charge in [-0.25, -0.2) is 0 Å². The van der Waals surface area contributed by atoms with Crippen molar-refractivity contribution in [1.82, 2.24) is 5.32 Å². The highest BCUT2D eigenvalue weighted by atomic mass is 35.5. The summed E-state index contributed by atoms with van der Waals surface area (Å²) in [7, 11) is 0. The van der Waals surface area contributed by atoms with Gasteiger partial charge in [-0.05, 0) is 31.9 Å². The van der Waals surface area contributed by atoms with Gasteiger partial charge < -0.3 is 14.8 Å². The molecule has 0 radical (unpaired) electrons. The number of rotatable bonds is 6. The third-order valence-electron chi connectivity index (χ3n) is 3.09. The van der Waals surface area contributed by atoms with Gasteiger partial charge in [-0.2, -0.15) is 0 Å². The molecule has 1 fully saturated rings. The van der Waals surface area contributed by atoms with Gasteiger partial charge in [0.1, 0.15) is 5.75 Å². The Morgan fingerprint density at radius 1 is 1.42 bits per heavy atom. The lowest BCUT2D eigenvalue weighted by Crippen LogP contribution is -2.26. The van der Waals surface area contributed by atoms with Crippen LogP contribution in [0.1, 0.15) is 25.3 Å². The zero-order valence-electron chi connectivity index (χ0n) is 11.0. The molecule has 2 rings (SSSR count). The van der Waals surface area contributed by atoms with E-state index in [9.17, 15) is 0 Å². The molecule has 0 unspecified atom stereocenters. The SMILES string of the molecule is CCOc1c(Cl)cc(Cl)cc1CNC[C@H]1CCCO1. The molecule has 0 aromatic heterocycles. The first-order valence-corrected chi connectivity index (χ1v) is 7.39. The van der Waals surface area contributed by atoms with Crippen LogP contribution in [-0.4, -0.2) is 25.9 Å². The minimum Gasteiger partial charge on any atom is -0.492 e. The molecule has 0 amide bonds. The van der Waals surface area contributed by atoms with Crippen molar-refractivity contribution in [3.8, 4) is 5.75 Å². The number of hydrogen-bond acceptors (Lipinski definition) is 3. The van der Waals surface area contributed by atoms with Crippen molar-refractivity contribution in [3.05, 3.63) is 27.7 Å². The van der Waals surface area contributed by atoms with E-state index in [-0.39, 0.29) is 0 Å². The summed E-state index contributed by atoms with van der Waals surface area (Å²) < 4.78 is 11.2. The Bertz CT molecular complexity index is 420. The minimum atomic E-state index is 0.324. The van der Waals surface area contributed by atoms with Gasteiger partial charge in [-0.3, -0.25) is 0 Å². The fourth-order valence-electron chi connectivity index (χ4n) is 2.22. The van der Waals surface area contributed by atoms with Crippen molar-refractivity contribution < 1.29 is 9.47 Å². The third kappa shape index (κ3) is 4.25. The van der Waals surface area contributed by atoms with Gasteiger partial charge in [0.15, 0.2) is 0 Å². The first-order valence-electron chi connectivity index (χ1n) is 6.63. The van der Waals surface area contributed by atoms with Crippen molar-refractivity contribution in [3.63, 3.8) is 0 Å². The average Bonchev–Trinajstić information content (AvgIpc) is 2.86. The molecule has 5 heteroatoms. The fraction of sp³-hybridized carbons (Fsp3) is 0.571. The lowest BCUT2D eigenvalue weighted by Gasteiger charge is -2.15. The van der Waals surface area contributed by atoms with Gasteiger partial charge in [-0.15, -0.1) is 0 Å². The number of halogens is 2. The lowest BCUT2D eigenvalue weighted by molar-refractivity contribution is 0.110. The summed E-state index contributed by atoms with van der Waals surface area (Å²) in [6.07, 6.45) is 2.60. The summed E-state index contributed by atoms with van der Waals surface area (Å²) in [6, 6.07) is 3.60. The fourth-order valence-corrected chi connectivity index (χ4v) is 2.81. The quantitative estimate of drug-likeness (QED) is 0.870. The van der Waals surface area contributed by atoms with Crippen LogP contribution in [0, 0.1) is 0 Å². The lowest BCUT2D eigenvalue weighted by atomic mass is 10.2. The molecule has 0 bridgehead atoms. The Morgan fingerprint density at radius 2 is 2.26 bits per heavy atom. The van der Waals surface area contributed by atoms with Crippen LogP contribution in [0.15, 0.2) is 12.1 Å². The zero-order chi connectivity index (χ0) is 13.7. The van der Waals surface area contributed by atoms with Crippen molar-refractivity contribution in [2.45, 2.75) is 32.4 Å². The van der Waals surface area contributed by atoms with Crippen LogP contribution in [0.3, 0.4) is 0 Å². The molecule has 1 aromatic carbocycles. The second kappa shape index (κ2) is 7.34. The van der Waals surface area contributed by atoms with Crippen molar-refractivity contribution in [1.29, 1.82) is 0 Å². The van der Waals surface area contributed by atoms with E-state index < -0.39 is 0 Å². The molecule has 1 heterocycles. The predicted molar refractivity (Wildman–Crippen MR) is 78.3 cm³/mol. The molecule has 0 spiro atoms. The van der Waals surface area contributed by atoms with Gasteiger partial charge >= 0.3 is 0 Å². The highest BCUT2D eigenvalue weighted by Crippen LogP contribution is 2.32. The zero-order valence-corrected chi connectivity index (χ0v) is 12.6. The highest BCUT2D eigenvalue weighted by Gasteiger charge is 2.15. The summed E-state index contributed by atoms with van der Waals surface area (Å²) in [4.78, 5) is 0. The summed E-state index contributed by atoms with van der Waals surface area (Å²) in [5.74, 6) is 0.716. The van der Waals surface area contributed by atoms with E-state index in [0.29, 0.717) is 35.1 Å². The minimum absolute atomic E-state index is 0.324. The number of benzene rings is 1. The highest BCUT2D eigenvalue weighted by molar-refractivity contribution is 6.35. The number of nitrogens with one attached hydrogen (secondary N) is 1. The molecule has 0 saturated carbocycles. The average molecular weight is 304 g/mol. The van der Waals surface area contributed by atoms with Gasteiger partial charge in [0.25, 0.3) is 0 Å². The van der Waals surface area contributed by atoms with Crippen LogP contribution >= 0.6 is 23.2 Å². The Balaban J connectivity index is 1.97. The van der Waals surface area contributed by atoms with Crippen molar-refractivity contribution in [2.75, 3.05) is 19.8 Å². The van der Waals surface area contributed by atoms with Crippen LogP contribution in [0.5, 0.6) is 5.75 Å². The molecule has 0 aliphatic carbocycles. The predicted octanol–water partition coefficient (Wildman–Crippen LogP) is 3.66. The summed E-state index contributed by atoms with van der Waals surface area (Å²) in [5, 5.41) is 4.56. The summed E-state index contributed by atoms with van der Waals surface area (Å²) >= 11 is 12.2.